The second-order valence-electron chi connectivity index (χ2n) is 3.81. The first-order valence-corrected chi connectivity index (χ1v) is 7.03. The highest BCUT2D eigenvalue weighted by Crippen LogP contribution is 2.28. The van der Waals surface area contributed by atoms with Crippen molar-refractivity contribution in [1.29, 1.82) is 0 Å². The average Bonchev–Trinajstić information content (AvgIpc) is 2.33. The Labute approximate surface area is 126 Å². The van der Waals surface area contributed by atoms with Crippen LogP contribution in [0.5, 0.6) is 0 Å². The first-order valence-electron chi connectivity index (χ1n) is 5.15. The van der Waals surface area contributed by atoms with Crippen LogP contribution in [0.1, 0.15) is 5.56 Å². The third kappa shape index (κ3) is 2.83. The Bertz CT molecular complexity index is 602. The fraction of sp³-hybridized carbons (Fsp3) is 0.0769. The van der Waals surface area contributed by atoms with Crippen LogP contribution in [0.15, 0.2) is 34.8 Å². The van der Waals surface area contributed by atoms with Crippen LogP contribution in [0.4, 0.5) is 20.2 Å². The van der Waals surface area contributed by atoms with E-state index < -0.39 is 11.6 Å². The minimum absolute atomic E-state index is 0.116. The number of nitrogens with one attached hydrogen (secondary N) is 1. The Morgan fingerprint density at radius 3 is 2.39 bits per heavy atom. The van der Waals surface area contributed by atoms with Gasteiger partial charge in [0.1, 0.15) is 0 Å². The fourth-order valence-electron chi connectivity index (χ4n) is 1.53. The standard InChI is InChI=1S/C13H9BrF2IN/c1-7-6-8(17)2-4-10(7)18-11-5-3-9(14)12(15)13(11)16/h2-6,18H,1H3. The van der Waals surface area contributed by atoms with E-state index in [9.17, 15) is 8.78 Å². The lowest BCUT2D eigenvalue weighted by atomic mass is 10.2. The zero-order valence-corrected chi connectivity index (χ0v) is 13.1. The highest BCUT2D eigenvalue weighted by molar-refractivity contribution is 14.1. The summed E-state index contributed by atoms with van der Waals surface area (Å²) in [6.07, 6.45) is 0. The number of halogens is 4. The molecule has 94 valence electrons. The zero-order valence-electron chi connectivity index (χ0n) is 9.40. The van der Waals surface area contributed by atoms with Crippen LogP contribution in [0.25, 0.3) is 0 Å². The Kier molecular flexibility index (Phi) is 4.21. The van der Waals surface area contributed by atoms with Gasteiger partial charge in [0.15, 0.2) is 11.6 Å². The molecule has 0 spiro atoms. The summed E-state index contributed by atoms with van der Waals surface area (Å²) in [6, 6.07) is 8.69. The van der Waals surface area contributed by atoms with Gasteiger partial charge in [-0.2, -0.15) is 0 Å². The monoisotopic (exact) mass is 423 g/mol. The number of anilines is 2. The van der Waals surface area contributed by atoms with E-state index in [1.54, 1.807) is 0 Å². The van der Waals surface area contributed by atoms with Gasteiger partial charge in [0.05, 0.1) is 10.2 Å². The molecule has 2 rings (SSSR count). The molecular weight excluding hydrogens is 415 g/mol. The molecular formula is C13H9BrF2IN. The van der Waals surface area contributed by atoms with E-state index in [1.165, 1.54) is 12.1 Å². The van der Waals surface area contributed by atoms with Crippen molar-refractivity contribution < 1.29 is 8.78 Å². The Hall–Kier alpha value is -0.690. The third-order valence-corrected chi connectivity index (χ3v) is 3.78. The topological polar surface area (TPSA) is 12.0 Å². The quantitative estimate of drug-likeness (QED) is 0.504. The van der Waals surface area contributed by atoms with E-state index in [0.29, 0.717) is 0 Å². The van der Waals surface area contributed by atoms with Crippen molar-refractivity contribution in [1.82, 2.24) is 0 Å². The maximum absolute atomic E-state index is 13.7. The predicted octanol–water partition coefficient (Wildman–Crippen LogP) is 5.38. The molecule has 0 aliphatic heterocycles. The van der Waals surface area contributed by atoms with Gasteiger partial charge in [0.25, 0.3) is 0 Å². The maximum Gasteiger partial charge on any atom is 0.183 e. The Morgan fingerprint density at radius 1 is 1.06 bits per heavy atom. The first kappa shape index (κ1) is 13.7. The van der Waals surface area contributed by atoms with Crippen molar-refractivity contribution in [3.05, 3.63) is 55.6 Å². The van der Waals surface area contributed by atoms with Crippen molar-refractivity contribution >= 4 is 49.9 Å². The molecule has 0 bridgehead atoms. The molecule has 0 aliphatic rings. The molecule has 0 radical (unpaired) electrons. The third-order valence-electron chi connectivity index (χ3n) is 2.49. The lowest BCUT2D eigenvalue weighted by Gasteiger charge is -2.11. The second-order valence-corrected chi connectivity index (χ2v) is 5.91. The summed E-state index contributed by atoms with van der Waals surface area (Å²) in [5, 5.41) is 2.90. The SMILES string of the molecule is Cc1cc(I)ccc1Nc1ccc(Br)c(F)c1F. The van der Waals surface area contributed by atoms with Crippen molar-refractivity contribution in [3.8, 4) is 0 Å². The van der Waals surface area contributed by atoms with Crippen molar-refractivity contribution in [3.63, 3.8) is 0 Å². The maximum atomic E-state index is 13.7. The molecule has 0 saturated carbocycles. The van der Waals surface area contributed by atoms with Crippen molar-refractivity contribution in [2.45, 2.75) is 6.92 Å². The van der Waals surface area contributed by atoms with Gasteiger partial charge in [-0.1, -0.05) is 0 Å². The molecule has 1 N–H and O–H groups in total. The largest absolute Gasteiger partial charge is 0.353 e. The highest BCUT2D eigenvalue weighted by atomic mass is 127. The normalized spacial score (nSPS) is 10.5. The number of hydrogen-bond acceptors (Lipinski definition) is 1. The van der Waals surface area contributed by atoms with E-state index in [0.717, 1.165) is 14.8 Å². The number of rotatable bonds is 2. The molecule has 0 atom stereocenters. The number of benzene rings is 2. The summed E-state index contributed by atoms with van der Waals surface area (Å²) in [5.41, 5.74) is 1.86. The number of aryl methyl sites for hydroxylation is 1. The van der Waals surface area contributed by atoms with Gasteiger partial charge >= 0.3 is 0 Å². The lowest BCUT2D eigenvalue weighted by molar-refractivity contribution is 0.507. The Morgan fingerprint density at radius 2 is 1.72 bits per heavy atom. The van der Waals surface area contributed by atoms with Gasteiger partial charge in [-0.25, -0.2) is 8.78 Å². The van der Waals surface area contributed by atoms with Gasteiger partial charge in [0.2, 0.25) is 0 Å². The van der Waals surface area contributed by atoms with Gasteiger partial charge in [0, 0.05) is 9.26 Å². The zero-order chi connectivity index (χ0) is 13.3. The fourth-order valence-corrected chi connectivity index (χ4v) is 2.49. The summed E-state index contributed by atoms with van der Waals surface area (Å²) in [7, 11) is 0. The van der Waals surface area contributed by atoms with Crippen molar-refractivity contribution in [2.75, 3.05) is 5.32 Å². The van der Waals surface area contributed by atoms with Gasteiger partial charge < -0.3 is 5.32 Å². The minimum atomic E-state index is -0.887. The smallest absolute Gasteiger partial charge is 0.183 e. The highest BCUT2D eigenvalue weighted by Gasteiger charge is 2.12. The van der Waals surface area contributed by atoms with E-state index >= 15 is 0 Å². The summed E-state index contributed by atoms with van der Waals surface area (Å²) in [4.78, 5) is 0. The van der Waals surface area contributed by atoms with Crippen LogP contribution in [0, 0.1) is 22.1 Å². The molecule has 18 heavy (non-hydrogen) atoms. The van der Waals surface area contributed by atoms with Crippen LogP contribution in [-0.2, 0) is 0 Å². The molecule has 0 amide bonds. The van der Waals surface area contributed by atoms with E-state index in [-0.39, 0.29) is 10.2 Å². The van der Waals surface area contributed by atoms with Crippen molar-refractivity contribution in [2.24, 2.45) is 0 Å². The van der Waals surface area contributed by atoms with Crippen LogP contribution in [-0.4, -0.2) is 0 Å². The second kappa shape index (κ2) is 5.52. The van der Waals surface area contributed by atoms with Crippen LogP contribution in [0.2, 0.25) is 0 Å². The summed E-state index contributed by atoms with van der Waals surface area (Å²) in [5.74, 6) is -1.77. The molecule has 0 aliphatic carbocycles. The summed E-state index contributed by atoms with van der Waals surface area (Å²) in [6.45, 7) is 1.91. The van der Waals surface area contributed by atoms with E-state index in [4.69, 9.17) is 0 Å². The van der Waals surface area contributed by atoms with E-state index in [1.807, 2.05) is 25.1 Å². The molecule has 0 saturated heterocycles. The summed E-state index contributed by atoms with van der Waals surface area (Å²) >= 11 is 5.15. The van der Waals surface area contributed by atoms with E-state index in [2.05, 4.69) is 43.8 Å². The predicted molar refractivity (Wildman–Crippen MR) is 81.2 cm³/mol. The van der Waals surface area contributed by atoms with Crippen LogP contribution >= 0.6 is 38.5 Å². The first-order chi connectivity index (χ1) is 8.49. The van der Waals surface area contributed by atoms with Gasteiger partial charge in [-0.05, 0) is 81.3 Å². The molecule has 2 aromatic rings. The molecule has 2 aromatic carbocycles. The Balaban J connectivity index is 2.37. The molecule has 5 heteroatoms. The van der Waals surface area contributed by atoms with Gasteiger partial charge in [-0.3, -0.25) is 0 Å². The minimum Gasteiger partial charge on any atom is -0.353 e. The molecule has 0 aromatic heterocycles. The van der Waals surface area contributed by atoms with Gasteiger partial charge in [-0.15, -0.1) is 0 Å². The van der Waals surface area contributed by atoms with Crippen LogP contribution < -0.4 is 5.32 Å². The molecule has 0 unspecified atom stereocenters. The lowest BCUT2D eigenvalue weighted by Crippen LogP contribution is -1.98. The molecule has 0 heterocycles. The summed E-state index contributed by atoms with van der Waals surface area (Å²) < 4.78 is 28.3. The molecule has 0 fully saturated rings. The number of hydrogen-bond donors (Lipinski definition) is 1. The average molecular weight is 424 g/mol. The molecule has 1 nitrogen and oxygen atoms in total. The van der Waals surface area contributed by atoms with Crippen LogP contribution in [0.3, 0.4) is 0 Å².